The SMILES string of the molecule is CCS(=O)(=O)c1ccc(C(CO)NC(=O)C2=CC=C3OCCN(c4ccc(C(F)(F)F)cc4)[C@@H]3C2)cc1. The number of rotatable bonds is 7. The molecule has 1 saturated heterocycles. The van der Waals surface area contributed by atoms with Crippen LogP contribution in [0, 0.1) is 0 Å². The number of allylic oxidation sites excluding steroid dienone is 2. The van der Waals surface area contributed by atoms with Gasteiger partial charge in [0.15, 0.2) is 9.84 Å². The van der Waals surface area contributed by atoms with Crippen LogP contribution in [0.1, 0.15) is 30.5 Å². The molecule has 0 spiro atoms. The van der Waals surface area contributed by atoms with Gasteiger partial charge in [-0.1, -0.05) is 25.1 Å². The summed E-state index contributed by atoms with van der Waals surface area (Å²) in [5, 5.41) is 12.7. The number of alkyl halides is 3. The van der Waals surface area contributed by atoms with Crippen LogP contribution in [-0.2, 0) is 25.5 Å². The van der Waals surface area contributed by atoms with Crippen molar-refractivity contribution in [3.05, 3.63) is 83.1 Å². The molecule has 4 rings (SSSR count). The Labute approximate surface area is 213 Å². The van der Waals surface area contributed by atoms with Crippen molar-refractivity contribution in [2.45, 2.75) is 36.5 Å². The van der Waals surface area contributed by atoms with Gasteiger partial charge in [0.25, 0.3) is 0 Å². The summed E-state index contributed by atoms with van der Waals surface area (Å²) in [5.41, 5.74) is 0.814. The van der Waals surface area contributed by atoms with Gasteiger partial charge in [0.05, 0.1) is 41.4 Å². The Bertz CT molecular complexity index is 1300. The van der Waals surface area contributed by atoms with Crippen molar-refractivity contribution in [2.75, 3.05) is 30.4 Å². The molecular formula is C26H27F3N2O5S. The van der Waals surface area contributed by atoms with Crippen LogP contribution in [0.25, 0.3) is 0 Å². The van der Waals surface area contributed by atoms with Crippen LogP contribution in [0.5, 0.6) is 0 Å². The second-order valence-corrected chi connectivity index (χ2v) is 11.0. The third-order valence-corrected chi connectivity index (χ3v) is 8.25. The maximum Gasteiger partial charge on any atom is 0.416 e. The van der Waals surface area contributed by atoms with Gasteiger partial charge in [-0.2, -0.15) is 13.2 Å². The predicted molar refractivity (Wildman–Crippen MR) is 131 cm³/mol. The molecule has 2 atom stereocenters. The first kappa shape index (κ1) is 26.7. The second kappa shape index (κ2) is 10.6. The van der Waals surface area contributed by atoms with Gasteiger partial charge >= 0.3 is 6.18 Å². The zero-order chi connectivity index (χ0) is 26.8. The summed E-state index contributed by atoms with van der Waals surface area (Å²) < 4.78 is 68.7. The van der Waals surface area contributed by atoms with E-state index in [-0.39, 0.29) is 23.1 Å². The lowest BCUT2D eigenvalue weighted by atomic mass is 9.94. The molecule has 0 radical (unpaired) electrons. The monoisotopic (exact) mass is 536 g/mol. The summed E-state index contributed by atoms with van der Waals surface area (Å²) in [6.07, 6.45) is -0.869. The predicted octanol–water partition coefficient (Wildman–Crippen LogP) is 3.77. The number of carbonyl (C=O) groups excluding carboxylic acids is 1. The molecule has 1 aliphatic heterocycles. The fourth-order valence-electron chi connectivity index (χ4n) is 4.38. The Morgan fingerprint density at radius 3 is 2.41 bits per heavy atom. The van der Waals surface area contributed by atoms with Crippen LogP contribution in [0.2, 0.25) is 0 Å². The molecule has 7 nitrogen and oxygen atoms in total. The van der Waals surface area contributed by atoms with Crippen LogP contribution >= 0.6 is 0 Å². The van der Waals surface area contributed by atoms with Crippen LogP contribution in [-0.4, -0.2) is 51.0 Å². The van der Waals surface area contributed by atoms with E-state index in [1.807, 2.05) is 4.90 Å². The van der Waals surface area contributed by atoms with Gasteiger partial charge in [-0.25, -0.2) is 8.42 Å². The summed E-state index contributed by atoms with van der Waals surface area (Å²) in [4.78, 5) is 15.2. The van der Waals surface area contributed by atoms with Crippen LogP contribution in [0.4, 0.5) is 18.9 Å². The molecule has 0 aromatic heterocycles. The lowest BCUT2D eigenvalue weighted by Gasteiger charge is -2.40. The van der Waals surface area contributed by atoms with E-state index in [9.17, 15) is 31.5 Å². The van der Waals surface area contributed by atoms with Crippen molar-refractivity contribution in [3.63, 3.8) is 0 Å². The van der Waals surface area contributed by atoms with Crippen LogP contribution < -0.4 is 10.2 Å². The highest BCUT2D eigenvalue weighted by atomic mass is 32.2. The molecule has 198 valence electrons. The lowest BCUT2D eigenvalue weighted by Crippen LogP contribution is -2.46. The van der Waals surface area contributed by atoms with E-state index in [2.05, 4.69) is 5.32 Å². The Morgan fingerprint density at radius 2 is 1.81 bits per heavy atom. The molecule has 0 saturated carbocycles. The molecule has 1 aliphatic carbocycles. The topological polar surface area (TPSA) is 95.9 Å². The number of sulfone groups is 1. The number of carbonyl (C=O) groups is 1. The summed E-state index contributed by atoms with van der Waals surface area (Å²) in [6, 6.07) is 9.75. The van der Waals surface area contributed by atoms with Crippen LogP contribution in [0.3, 0.4) is 0 Å². The first-order chi connectivity index (χ1) is 17.5. The van der Waals surface area contributed by atoms with Gasteiger partial charge in [0.1, 0.15) is 12.4 Å². The Hall–Kier alpha value is -3.31. The minimum Gasteiger partial charge on any atom is -0.494 e. The van der Waals surface area contributed by atoms with Gasteiger partial charge in [-0.05, 0) is 48.0 Å². The highest BCUT2D eigenvalue weighted by Gasteiger charge is 2.34. The number of aliphatic hydroxyl groups excluding tert-OH is 1. The average molecular weight is 537 g/mol. The van der Waals surface area contributed by atoms with Gasteiger partial charge < -0.3 is 20.1 Å². The molecule has 11 heteroatoms. The van der Waals surface area contributed by atoms with Gasteiger partial charge in [-0.3, -0.25) is 4.79 Å². The summed E-state index contributed by atoms with van der Waals surface area (Å²) >= 11 is 0. The third-order valence-electron chi connectivity index (χ3n) is 6.50. The zero-order valence-corrected chi connectivity index (χ0v) is 20.8. The fraction of sp³-hybridized carbons (Fsp3) is 0.346. The van der Waals surface area contributed by atoms with E-state index in [1.54, 1.807) is 31.2 Å². The van der Waals surface area contributed by atoms with Crippen molar-refractivity contribution < 1.29 is 36.2 Å². The molecule has 0 bridgehead atoms. The highest BCUT2D eigenvalue weighted by molar-refractivity contribution is 7.91. The normalized spacial score (nSPS) is 18.7. The first-order valence-electron chi connectivity index (χ1n) is 11.8. The average Bonchev–Trinajstić information content (AvgIpc) is 2.90. The molecule has 1 heterocycles. The van der Waals surface area contributed by atoms with Crippen molar-refractivity contribution in [1.82, 2.24) is 5.32 Å². The number of amides is 1. The van der Waals surface area contributed by atoms with Gasteiger partial charge in [0.2, 0.25) is 5.91 Å². The number of ether oxygens (including phenoxy) is 1. The third kappa shape index (κ3) is 5.83. The number of morpholine rings is 1. The largest absolute Gasteiger partial charge is 0.494 e. The van der Waals surface area contributed by atoms with E-state index in [1.165, 1.54) is 24.3 Å². The highest BCUT2D eigenvalue weighted by Crippen LogP contribution is 2.35. The summed E-state index contributed by atoms with van der Waals surface area (Å²) in [5.74, 6) is 0.163. The molecule has 37 heavy (non-hydrogen) atoms. The van der Waals surface area contributed by atoms with Crippen LogP contribution in [0.15, 0.2) is 76.9 Å². The standard InChI is InChI=1S/C26H27F3N2O5S/c1-2-37(34,35)21-10-3-17(4-11-21)22(16-32)30-25(33)18-5-12-24-23(15-18)31(13-14-36-24)20-8-6-19(7-9-20)26(27,28)29/h3-12,22-23,32H,2,13-16H2,1H3,(H,30,33)/t22?,23-/m1/s1. The molecule has 1 amide bonds. The number of hydrogen-bond acceptors (Lipinski definition) is 6. The molecular weight excluding hydrogens is 509 g/mol. The smallest absolute Gasteiger partial charge is 0.416 e. The number of fused-ring (bicyclic) bond motifs is 1. The van der Waals surface area contributed by atoms with Crippen molar-refractivity contribution in [3.8, 4) is 0 Å². The second-order valence-electron chi connectivity index (χ2n) is 8.75. The number of hydrogen-bond donors (Lipinski definition) is 2. The number of halogens is 3. The molecule has 1 unspecified atom stereocenters. The quantitative estimate of drug-likeness (QED) is 0.560. The van der Waals surface area contributed by atoms with E-state index in [0.717, 1.165) is 12.1 Å². The molecule has 2 N–H and O–H groups in total. The molecule has 2 aliphatic rings. The molecule has 1 fully saturated rings. The van der Waals surface area contributed by atoms with Crippen molar-refractivity contribution in [2.24, 2.45) is 0 Å². The minimum atomic E-state index is -4.43. The number of nitrogens with zero attached hydrogens (tertiary/aromatic N) is 1. The van der Waals surface area contributed by atoms with E-state index >= 15 is 0 Å². The van der Waals surface area contributed by atoms with Gasteiger partial charge in [0, 0.05) is 17.7 Å². The number of nitrogens with one attached hydrogen (secondary N) is 1. The van der Waals surface area contributed by atoms with E-state index < -0.39 is 40.1 Å². The zero-order valence-electron chi connectivity index (χ0n) is 20.0. The molecule has 2 aromatic rings. The maximum atomic E-state index is 13.1. The summed E-state index contributed by atoms with van der Waals surface area (Å²) in [6.45, 7) is 1.95. The van der Waals surface area contributed by atoms with Gasteiger partial charge in [-0.15, -0.1) is 0 Å². The lowest BCUT2D eigenvalue weighted by molar-refractivity contribution is -0.137. The van der Waals surface area contributed by atoms with E-state index in [4.69, 9.17) is 4.74 Å². The Morgan fingerprint density at radius 1 is 1.14 bits per heavy atom. The molecule has 2 aromatic carbocycles. The first-order valence-corrected chi connectivity index (χ1v) is 13.4. The summed E-state index contributed by atoms with van der Waals surface area (Å²) in [7, 11) is -3.37. The maximum absolute atomic E-state index is 13.1. The van der Waals surface area contributed by atoms with E-state index in [0.29, 0.717) is 35.7 Å². The fourth-order valence-corrected chi connectivity index (χ4v) is 5.26. The minimum absolute atomic E-state index is 0.0372. The van der Waals surface area contributed by atoms with Crippen molar-refractivity contribution in [1.29, 1.82) is 0 Å². The van der Waals surface area contributed by atoms with Crippen molar-refractivity contribution >= 4 is 21.4 Å². The Balaban J connectivity index is 1.48. The Kier molecular flexibility index (Phi) is 7.65. The number of benzene rings is 2. The number of anilines is 1. The number of aliphatic hydroxyl groups is 1.